The van der Waals surface area contributed by atoms with E-state index in [0.717, 1.165) is 22.5 Å². The third-order valence-corrected chi connectivity index (χ3v) is 3.16. The predicted molar refractivity (Wildman–Crippen MR) is 80.3 cm³/mol. The number of nitriles is 2. The summed E-state index contributed by atoms with van der Waals surface area (Å²) in [4.78, 5) is 7.49. The average molecular weight is 270 g/mol. The average Bonchev–Trinajstić information content (AvgIpc) is 3.21. The van der Waals surface area contributed by atoms with Crippen molar-refractivity contribution in [2.24, 2.45) is 4.99 Å². The second-order valence-electron chi connectivity index (χ2n) is 4.50. The van der Waals surface area contributed by atoms with E-state index >= 15 is 0 Å². The van der Waals surface area contributed by atoms with E-state index < -0.39 is 0 Å². The number of nitrogens with one attached hydrogen (secondary N) is 1. The number of rotatable bonds is 2. The molecule has 0 atom stereocenters. The first-order valence-electron chi connectivity index (χ1n) is 6.36. The summed E-state index contributed by atoms with van der Waals surface area (Å²) in [6.45, 7) is 0. The van der Waals surface area contributed by atoms with Gasteiger partial charge in [-0.05, 0) is 48.0 Å². The molecule has 21 heavy (non-hydrogen) atoms. The molecule has 0 fully saturated rings. The fourth-order valence-electron chi connectivity index (χ4n) is 2.28. The van der Waals surface area contributed by atoms with Gasteiger partial charge in [-0.25, -0.2) is 0 Å². The van der Waals surface area contributed by atoms with Gasteiger partial charge in [0.2, 0.25) is 0 Å². The second kappa shape index (κ2) is 5.32. The molecule has 0 bridgehead atoms. The van der Waals surface area contributed by atoms with Gasteiger partial charge in [-0.2, -0.15) is 10.5 Å². The first-order chi connectivity index (χ1) is 10.3. The highest BCUT2D eigenvalue weighted by molar-refractivity contribution is 5.88. The van der Waals surface area contributed by atoms with Crippen LogP contribution in [0.4, 0.5) is 0 Å². The lowest BCUT2D eigenvalue weighted by Crippen LogP contribution is -1.94. The molecule has 0 aliphatic carbocycles. The molecule has 0 spiro atoms. The van der Waals surface area contributed by atoms with Crippen molar-refractivity contribution in [1.82, 2.24) is 4.98 Å². The Labute approximate surface area is 122 Å². The highest BCUT2D eigenvalue weighted by Crippen LogP contribution is 2.29. The highest BCUT2D eigenvalue weighted by Gasteiger charge is 2.14. The summed E-state index contributed by atoms with van der Waals surface area (Å²) in [5.74, 6) is 0. The zero-order valence-corrected chi connectivity index (χ0v) is 11.0. The Morgan fingerprint density at radius 2 is 1.86 bits per heavy atom. The number of hydrogen-bond donors (Lipinski definition) is 1. The normalized spacial score (nSPS) is 14.8. The first kappa shape index (κ1) is 12.7. The van der Waals surface area contributed by atoms with Gasteiger partial charge in [0.05, 0.1) is 29.0 Å². The molecule has 3 rings (SSSR count). The number of aromatic amines is 1. The molecule has 0 saturated heterocycles. The topological polar surface area (TPSA) is 75.7 Å². The van der Waals surface area contributed by atoms with Crippen LogP contribution < -0.4 is 0 Å². The summed E-state index contributed by atoms with van der Waals surface area (Å²) < 4.78 is 0. The molecule has 0 amide bonds. The summed E-state index contributed by atoms with van der Waals surface area (Å²) in [5.41, 5.74) is 4.29. The minimum Gasteiger partial charge on any atom is -0.361 e. The highest BCUT2D eigenvalue weighted by atomic mass is 14.8. The van der Waals surface area contributed by atoms with Crippen molar-refractivity contribution in [2.75, 3.05) is 0 Å². The minimum atomic E-state index is 0.458. The van der Waals surface area contributed by atoms with Crippen LogP contribution in [0.5, 0.6) is 0 Å². The molecule has 1 aromatic carbocycles. The number of nitrogens with zero attached hydrogens (tertiary/aromatic N) is 3. The predicted octanol–water partition coefficient (Wildman–Crippen LogP) is 3.16. The van der Waals surface area contributed by atoms with Crippen LogP contribution in [-0.2, 0) is 0 Å². The number of aromatic nitrogens is 1. The van der Waals surface area contributed by atoms with Gasteiger partial charge in [0, 0.05) is 23.7 Å². The van der Waals surface area contributed by atoms with E-state index in [-0.39, 0.29) is 0 Å². The zero-order chi connectivity index (χ0) is 14.7. The molecule has 0 radical (unpaired) electrons. The Bertz CT molecular complexity index is 807. The maximum atomic E-state index is 9.13. The van der Waals surface area contributed by atoms with Crippen LogP contribution in [0, 0.1) is 22.7 Å². The maximum absolute atomic E-state index is 9.13. The molecule has 98 valence electrons. The van der Waals surface area contributed by atoms with Crippen molar-refractivity contribution < 1.29 is 0 Å². The Kier molecular flexibility index (Phi) is 3.21. The van der Waals surface area contributed by atoms with E-state index in [2.05, 4.69) is 22.1 Å². The minimum absolute atomic E-state index is 0.458. The summed E-state index contributed by atoms with van der Waals surface area (Å²) in [6.07, 6.45) is 7.31. The number of benzene rings is 1. The van der Waals surface area contributed by atoms with Crippen molar-refractivity contribution in [3.63, 3.8) is 0 Å². The number of hydrogen-bond acceptors (Lipinski definition) is 3. The third kappa shape index (κ3) is 2.39. The molecule has 1 N–H and O–H groups in total. The molecule has 0 saturated carbocycles. The van der Waals surface area contributed by atoms with Crippen molar-refractivity contribution in [2.45, 2.75) is 0 Å². The Hall–Kier alpha value is -3.37. The van der Waals surface area contributed by atoms with Crippen molar-refractivity contribution in [3.05, 3.63) is 76.8 Å². The lowest BCUT2D eigenvalue weighted by atomic mass is 9.96. The van der Waals surface area contributed by atoms with E-state index in [1.54, 1.807) is 24.4 Å². The van der Waals surface area contributed by atoms with Gasteiger partial charge in [0.25, 0.3) is 0 Å². The lowest BCUT2D eigenvalue weighted by Gasteiger charge is -2.09. The first-order valence-corrected chi connectivity index (χ1v) is 6.36. The van der Waals surface area contributed by atoms with Crippen molar-refractivity contribution in [3.8, 4) is 12.1 Å². The fourth-order valence-corrected chi connectivity index (χ4v) is 2.28. The van der Waals surface area contributed by atoms with Crippen LogP contribution >= 0.6 is 0 Å². The van der Waals surface area contributed by atoms with E-state index in [0.29, 0.717) is 11.1 Å². The van der Waals surface area contributed by atoms with Gasteiger partial charge in [-0.1, -0.05) is 0 Å². The smallest absolute Gasteiger partial charge is 0.0992 e. The monoisotopic (exact) mass is 270 g/mol. The Morgan fingerprint density at radius 1 is 1.10 bits per heavy atom. The summed E-state index contributed by atoms with van der Waals surface area (Å²) in [7, 11) is 0. The van der Waals surface area contributed by atoms with Gasteiger partial charge in [0.1, 0.15) is 0 Å². The molecule has 1 aliphatic rings. The molecule has 4 nitrogen and oxygen atoms in total. The summed E-state index contributed by atoms with van der Waals surface area (Å²) in [5, 5.41) is 18.3. The van der Waals surface area contributed by atoms with Crippen LogP contribution in [0.1, 0.15) is 22.4 Å². The van der Waals surface area contributed by atoms with Gasteiger partial charge >= 0.3 is 0 Å². The molecular weight excluding hydrogens is 260 g/mol. The SMILES string of the molecule is N#Cc1cc(C#N)cc(/C(=C2\C=CC=N2)c2ccc[nH]2)c1. The van der Waals surface area contributed by atoms with Crippen LogP contribution in [0.3, 0.4) is 0 Å². The van der Waals surface area contributed by atoms with Gasteiger partial charge in [-0.3, -0.25) is 4.99 Å². The van der Waals surface area contributed by atoms with Crippen molar-refractivity contribution in [1.29, 1.82) is 10.5 Å². The van der Waals surface area contributed by atoms with E-state index in [1.165, 1.54) is 0 Å². The molecule has 2 heterocycles. The number of allylic oxidation sites excluding steroid dienone is 2. The zero-order valence-electron chi connectivity index (χ0n) is 11.0. The maximum Gasteiger partial charge on any atom is 0.0992 e. The quantitative estimate of drug-likeness (QED) is 0.910. The summed E-state index contributed by atoms with van der Waals surface area (Å²) in [6, 6.07) is 13.1. The standard InChI is InChI=1S/C17H10N4/c18-10-12-7-13(11-19)9-14(8-12)17(15-3-1-5-20-15)16-4-2-6-21-16/h1-9,20H/b17-16-. The van der Waals surface area contributed by atoms with Crippen molar-refractivity contribution >= 4 is 11.8 Å². The Morgan fingerprint density at radius 3 is 2.38 bits per heavy atom. The van der Waals surface area contributed by atoms with E-state index in [4.69, 9.17) is 10.5 Å². The van der Waals surface area contributed by atoms with Crippen LogP contribution in [-0.4, -0.2) is 11.2 Å². The molecule has 0 unspecified atom stereocenters. The largest absolute Gasteiger partial charge is 0.361 e. The molecular formula is C17H10N4. The Balaban J connectivity index is 2.27. The summed E-state index contributed by atoms with van der Waals surface area (Å²) >= 11 is 0. The molecule has 2 aromatic rings. The molecule has 1 aromatic heterocycles. The lowest BCUT2D eigenvalue weighted by molar-refractivity contribution is 1.31. The van der Waals surface area contributed by atoms with Crippen LogP contribution in [0.2, 0.25) is 0 Å². The number of aliphatic imine (C=N–C) groups is 1. The van der Waals surface area contributed by atoms with Gasteiger partial charge in [-0.15, -0.1) is 0 Å². The molecule has 4 heteroatoms. The van der Waals surface area contributed by atoms with Crippen LogP contribution in [0.15, 0.2) is 59.4 Å². The third-order valence-electron chi connectivity index (χ3n) is 3.16. The second-order valence-corrected chi connectivity index (χ2v) is 4.50. The van der Waals surface area contributed by atoms with Gasteiger partial charge < -0.3 is 4.98 Å². The molecule has 1 aliphatic heterocycles. The van der Waals surface area contributed by atoms with E-state index in [1.807, 2.05) is 30.5 Å². The number of H-pyrrole nitrogens is 1. The van der Waals surface area contributed by atoms with E-state index in [9.17, 15) is 0 Å². The van der Waals surface area contributed by atoms with Gasteiger partial charge in [0.15, 0.2) is 0 Å². The fraction of sp³-hybridized carbons (Fsp3) is 0. The van der Waals surface area contributed by atoms with Crippen LogP contribution in [0.25, 0.3) is 5.57 Å².